The number of carbonyl (C=O) groups is 1. The van der Waals surface area contributed by atoms with Crippen LogP contribution in [0.15, 0.2) is 11.6 Å². The van der Waals surface area contributed by atoms with Crippen LogP contribution in [-0.2, 0) is 28.8 Å². The van der Waals surface area contributed by atoms with Crippen LogP contribution in [0.2, 0.25) is 0 Å². The van der Waals surface area contributed by atoms with Gasteiger partial charge in [-0.1, -0.05) is 18.6 Å². The number of unbranched alkanes of at least 4 members (excludes halogenated alkanes) is 1. The largest absolute Gasteiger partial charge is 0.507 e. The maximum Gasteiger partial charge on any atom is 0.342 e. The first-order chi connectivity index (χ1) is 12.2. The summed E-state index contributed by atoms with van der Waals surface area (Å²) in [6.45, 7) is 6.17. The third-order valence-electron chi connectivity index (χ3n) is 4.92. The van der Waals surface area contributed by atoms with Crippen molar-refractivity contribution < 1.29 is 29.0 Å². The summed E-state index contributed by atoms with van der Waals surface area (Å²) in [5, 5.41) is 10.6. The van der Waals surface area contributed by atoms with E-state index in [-0.39, 0.29) is 18.5 Å². The van der Waals surface area contributed by atoms with Crippen molar-refractivity contribution in [1.82, 2.24) is 0 Å². The van der Waals surface area contributed by atoms with Crippen LogP contribution in [-0.4, -0.2) is 27.0 Å². The highest BCUT2D eigenvalue weighted by Gasteiger charge is 2.30. The summed E-state index contributed by atoms with van der Waals surface area (Å²) < 4.78 is 15.9. The van der Waals surface area contributed by atoms with Gasteiger partial charge in [-0.3, -0.25) is 4.57 Å². The van der Waals surface area contributed by atoms with Crippen LogP contribution in [0.4, 0.5) is 0 Å². The predicted octanol–water partition coefficient (Wildman–Crippen LogP) is 3.77. The minimum absolute atomic E-state index is 0.0236. The Balaban J connectivity index is 2.14. The van der Waals surface area contributed by atoms with Gasteiger partial charge in [0.1, 0.15) is 17.9 Å². The molecule has 0 saturated carbocycles. The molecular weight excluding hydrogens is 355 g/mol. The van der Waals surface area contributed by atoms with Crippen LogP contribution in [0.25, 0.3) is 0 Å². The molecule has 0 bridgehead atoms. The van der Waals surface area contributed by atoms with E-state index in [9.17, 15) is 14.5 Å². The molecule has 0 aliphatic carbocycles. The van der Waals surface area contributed by atoms with Gasteiger partial charge >= 0.3 is 13.6 Å². The standard InChI is InChI=1S/C19H27O6P/c1-4-14-13(3)16-11-25-19(21)17(16)18(20)15(14)9-8-12(2)7-5-6-10-26(22,23)24/h8,20H,4-7,9-11H2,1-3H3,(H2,22,23,24)/b12-8+. The SMILES string of the molecule is CCc1c(C)c2c(c(O)c1C/C=C(\C)CCCCP(=O)(O)O)C(=O)OC2. The van der Waals surface area contributed by atoms with E-state index in [4.69, 9.17) is 14.5 Å². The summed E-state index contributed by atoms with van der Waals surface area (Å²) in [7, 11) is -3.92. The van der Waals surface area contributed by atoms with Gasteiger partial charge in [-0.05, 0) is 57.1 Å². The number of aromatic hydroxyl groups is 1. The van der Waals surface area contributed by atoms with Gasteiger partial charge in [0, 0.05) is 17.3 Å². The van der Waals surface area contributed by atoms with Crippen LogP contribution >= 0.6 is 7.60 Å². The first-order valence-electron chi connectivity index (χ1n) is 8.89. The third-order valence-corrected chi connectivity index (χ3v) is 5.82. The monoisotopic (exact) mass is 382 g/mol. The van der Waals surface area contributed by atoms with Gasteiger partial charge in [-0.25, -0.2) is 4.79 Å². The number of esters is 1. The zero-order valence-corrected chi connectivity index (χ0v) is 16.4. The van der Waals surface area contributed by atoms with E-state index < -0.39 is 13.6 Å². The van der Waals surface area contributed by atoms with Gasteiger partial charge in [0.2, 0.25) is 0 Å². The second-order valence-electron chi connectivity index (χ2n) is 6.81. The fourth-order valence-corrected chi connectivity index (χ4v) is 4.08. The van der Waals surface area contributed by atoms with Gasteiger partial charge < -0.3 is 19.6 Å². The number of allylic oxidation sites excluding steroid dienone is 2. The molecule has 0 radical (unpaired) electrons. The third kappa shape index (κ3) is 4.76. The Morgan fingerprint density at radius 3 is 2.58 bits per heavy atom. The molecule has 3 N–H and O–H groups in total. The first kappa shape index (κ1) is 20.7. The minimum Gasteiger partial charge on any atom is -0.507 e. The van der Waals surface area contributed by atoms with Crippen LogP contribution in [0, 0.1) is 6.92 Å². The van der Waals surface area contributed by atoms with Crippen molar-refractivity contribution in [2.24, 2.45) is 0 Å². The molecule has 1 aromatic carbocycles. The van der Waals surface area contributed by atoms with Crippen LogP contribution in [0.5, 0.6) is 5.75 Å². The molecule has 1 heterocycles. The number of hydrogen-bond donors (Lipinski definition) is 3. The topological polar surface area (TPSA) is 104 Å². The van der Waals surface area contributed by atoms with Gasteiger partial charge in [0.25, 0.3) is 0 Å². The van der Waals surface area contributed by atoms with E-state index in [1.807, 2.05) is 26.8 Å². The highest BCUT2D eigenvalue weighted by Crippen LogP contribution is 2.38. The van der Waals surface area contributed by atoms with E-state index >= 15 is 0 Å². The Labute approximate surface area is 154 Å². The number of fused-ring (bicyclic) bond motifs is 1. The molecule has 1 aliphatic heterocycles. The predicted molar refractivity (Wildman–Crippen MR) is 99.6 cm³/mol. The summed E-state index contributed by atoms with van der Waals surface area (Å²) in [5.74, 6) is -0.446. The molecule has 2 rings (SSSR count). The second kappa shape index (κ2) is 8.38. The first-order valence-corrected chi connectivity index (χ1v) is 10.7. The molecule has 0 spiro atoms. The fourth-order valence-electron chi connectivity index (χ4n) is 3.44. The Morgan fingerprint density at radius 2 is 1.96 bits per heavy atom. The molecule has 0 aromatic heterocycles. The summed E-state index contributed by atoms with van der Waals surface area (Å²) in [4.78, 5) is 29.7. The molecule has 6 nitrogen and oxygen atoms in total. The maximum absolute atomic E-state index is 11.9. The zero-order chi connectivity index (χ0) is 19.5. The Hall–Kier alpha value is -1.62. The van der Waals surface area contributed by atoms with Crippen LogP contribution in [0.3, 0.4) is 0 Å². The molecule has 0 fully saturated rings. The lowest BCUT2D eigenvalue weighted by atomic mass is 9.89. The van der Waals surface area contributed by atoms with Crippen molar-refractivity contribution in [1.29, 1.82) is 0 Å². The number of phenolic OH excluding ortho intramolecular Hbond substituents is 1. The molecule has 7 heteroatoms. The summed E-state index contributed by atoms with van der Waals surface area (Å²) in [5.41, 5.74) is 4.99. The van der Waals surface area contributed by atoms with Gasteiger partial charge in [-0.2, -0.15) is 0 Å². The molecule has 144 valence electrons. The number of carbonyl (C=O) groups excluding carboxylic acids is 1. The second-order valence-corrected chi connectivity index (χ2v) is 8.59. The van der Waals surface area contributed by atoms with Crippen molar-refractivity contribution in [2.45, 2.75) is 59.5 Å². The number of benzene rings is 1. The van der Waals surface area contributed by atoms with Crippen molar-refractivity contribution in [3.05, 3.63) is 39.5 Å². The van der Waals surface area contributed by atoms with E-state index in [0.29, 0.717) is 24.8 Å². The zero-order valence-electron chi connectivity index (χ0n) is 15.5. The number of phenols is 1. The normalized spacial score (nSPS) is 14.5. The quantitative estimate of drug-likeness (QED) is 0.274. The average Bonchev–Trinajstić information content (AvgIpc) is 2.95. The molecular formula is C19H27O6P. The lowest BCUT2D eigenvalue weighted by Crippen LogP contribution is -2.04. The van der Waals surface area contributed by atoms with E-state index in [0.717, 1.165) is 40.7 Å². The van der Waals surface area contributed by atoms with Crippen molar-refractivity contribution >= 4 is 13.6 Å². The summed E-state index contributed by atoms with van der Waals surface area (Å²) >= 11 is 0. The van der Waals surface area contributed by atoms with Gasteiger partial charge in [0.05, 0.1) is 0 Å². The van der Waals surface area contributed by atoms with Crippen LogP contribution in [0.1, 0.15) is 65.7 Å². The highest BCUT2D eigenvalue weighted by molar-refractivity contribution is 7.51. The summed E-state index contributed by atoms with van der Waals surface area (Å²) in [6, 6.07) is 0. The lowest BCUT2D eigenvalue weighted by molar-refractivity contribution is 0.0533. The van der Waals surface area contributed by atoms with E-state index in [1.165, 1.54) is 0 Å². The van der Waals surface area contributed by atoms with Crippen LogP contribution < -0.4 is 0 Å². The average molecular weight is 382 g/mol. The Bertz CT molecular complexity index is 775. The molecule has 1 aliphatic rings. The smallest absolute Gasteiger partial charge is 0.342 e. The van der Waals surface area contributed by atoms with Crippen molar-refractivity contribution in [3.8, 4) is 5.75 Å². The van der Waals surface area contributed by atoms with Gasteiger partial charge in [0.15, 0.2) is 0 Å². The molecule has 0 unspecified atom stereocenters. The van der Waals surface area contributed by atoms with E-state index in [2.05, 4.69) is 0 Å². The fraction of sp³-hybridized carbons (Fsp3) is 0.526. The number of hydrogen-bond acceptors (Lipinski definition) is 4. The molecule has 26 heavy (non-hydrogen) atoms. The van der Waals surface area contributed by atoms with Gasteiger partial charge in [-0.15, -0.1) is 0 Å². The number of cyclic esters (lactones) is 1. The molecule has 0 saturated heterocycles. The Morgan fingerprint density at radius 1 is 1.27 bits per heavy atom. The molecule has 0 atom stereocenters. The molecule has 0 amide bonds. The maximum atomic E-state index is 11.9. The minimum atomic E-state index is -3.92. The summed E-state index contributed by atoms with van der Waals surface area (Å²) in [6.07, 6.45) is 5.12. The molecule has 1 aromatic rings. The van der Waals surface area contributed by atoms with E-state index in [1.54, 1.807) is 0 Å². The number of rotatable bonds is 8. The number of ether oxygens (including phenoxy) is 1. The van der Waals surface area contributed by atoms with Crippen molar-refractivity contribution in [3.63, 3.8) is 0 Å². The lowest BCUT2D eigenvalue weighted by Gasteiger charge is -2.16. The highest BCUT2D eigenvalue weighted by atomic mass is 31.2. The Kier molecular flexibility index (Phi) is 6.67. The van der Waals surface area contributed by atoms with Crippen molar-refractivity contribution in [2.75, 3.05) is 6.16 Å².